The number of ether oxygens (including phenoxy) is 1. The van der Waals surface area contributed by atoms with Gasteiger partial charge in [-0.05, 0) is 31.9 Å². The Morgan fingerprint density at radius 3 is 2.90 bits per heavy atom. The lowest BCUT2D eigenvalue weighted by molar-refractivity contribution is 0.00807. The fourth-order valence-electron chi connectivity index (χ4n) is 1.28. The van der Waals surface area contributed by atoms with Gasteiger partial charge in [0.2, 0.25) is 0 Å². The van der Waals surface area contributed by atoms with Crippen molar-refractivity contribution in [2.24, 2.45) is 0 Å². The van der Waals surface area contributed by atoms with Gasteiger partial charge >= 0.3 is 0 Å². The van der Waals surface area contributed by atoms with Crippen molar-refractivity contribution in [2.75, 3.05) is 5.75 Å². The van der Waals surface area contributed by atoms with Crippen LogP contribution in [0.4, 0.5) is 0 Å². The van der Waals surface area contributed by atoms with Gasteiger partial charge in [0.15, 0.2) is 0 Å². The highest BCUT2D eigenvalue weighted by atomic mass is 32.2. The van der Waals surface area contributed by atoms with Gasteiger partial charge in [-0.3, -0.25) is 0 Å². The van der Waals surface area contributed by atoms with Crippen LogP contribution in [0.3, 0.4) is 0 Å². The summed E-state index contributed by atoms with van der Waals surface area (Å²) < 4.78 is 5.69. The number of rotatable bonds is 2. The summed E-state index contributed by atoms with van der Waals surface area (Å²) in [5.74, 6) is 1.18. The van der Waals surface area contributed by atoms with E-state index in [1.54, 1.807) is 0 Å². The third-order valence-corrected chi connectivity index (χ3v) is 2.84. The monoisotopic (exact) mass is 160 g/mol. The first-order valence-electron chi connectivity index (χ1n) is 4.10. The molecule has 2 heteroatoms. The maximum Gasteiger partial charge on any atom is 0.103 e. The van der Waals surface area contributed by atoms with Gasteiger partial charge in [-0.25, -0.2) is 0 Å². The molecule has 1 rings (SSSR count). The van der Waals surface area contributed by atoms with E-state index in [0.29, 0.717) is 11.5 Å². The first kappa shape index (κ1) is 8.41. The van der Waals surface area contributed by atoms with Crippen LogP contribution < -0.4 is 0 Å². The van der Waals surface area contributed by atoms with E-state index >= 15 is 0 Å². The Labute approximate surface area is 67.5 Å². The van der Waals surface area contributed by atoms with Crippen molar-refractivity contribution in [3.8, 4) is 0 Å². The number of thioether (sulfide) groups is 1. The average molecular weight is 160 g/mol. The van der Waals surface area contributed by atoms with Crippen molar-refractivity contribution in [1.82, 2.24) is 0 Å². The highest BCUT2D eigenvalue weighted by Crippen LogP contribution is 2.26. The Balaban J connectivity index is 2.18. The summed E-state index contributed by atoms with van der Waals surface area (Å²) in [7, 11) is 0. The van der Waals surface area contributed by atoms with E-state index in [-0.39, 0.29) is 0 Å². The zero-order chi connectivity index (χ0) is 7.40. The molecule has 0 radical (unpaired) electrons. The Morgan fingerprint density at radius 2 is 2.30 bits per heavy atom. The fourth-order valence-corrected chi connectivity index (χ4v) is 2.25. The molecule has 0 aromatic rings. The first-order valence-corrected chi connectivity index (χ1v) is 5.15. The summed E-state index contributed by atoms with van der Waals surface area (Å²) in [5, 5.41) is 0. The summed E-state index contributed by atoms with van der Waals surface area (Å²) >= 11 is 1.93. The molecular weight excluding hydrogens is 144 g/mol. The van der Waals surface area contributed by atoms with Crippen molar-refractivity contribution < 1.29 is 4.74 Å². The third kappa shape index (κ3) is 2.51. The number of hydrogen-bond donors (Lipinski definition) is 0. The molecule has 1 heterocycles. The first-order chi connectivity index (χ1) is 4.83. The molecule has 0 amide bonds. The standard InChI is InChI=1S/C8H16OS/c1-3-10-8-6-4-5-7(2)9-8/h7-8H,3-6H2,1-2H3/t7-,8?/m1/s1. The van der Waals surface area contributed by atoms with E-state index < -0.39 is 0 Å². The summed E-state index contributed by atoms with van der Waals surface area (Å²) in [6, 6.07) is 0. The van der Waals surface area contributed by atoms with Crippen molar-refractivity contribution in [1.29, 1.82) is 0 Å². The topological polar surface area (TPSA) is 9.23 Å². The van der Waals surface area contributed by atoms with E-state index in [0.717, 1.165) is 0 Å². The van der Waals surface area contributed by atoms with Gasteiger partial charge < -0.3 is 4.74 Å². The van der Waals surface area contributed by atoms with E-state index in [2.05, 4.69) is 13.8 Å². The van der Waals surface area contributed by atoms with E-state index in [1.807, 2.05) is 11.8 Å². The van der Waals surface area contributed by atoms with Gasteiger partial charge in [0.05, 0.1) is 6.10 Å². The molecule has 0 saturated carbocycles. The molecule has 0 aromatic carbocycles. The van der Waals surface area contributed by atoms with Gasteiger partial charge in [-0.15, -0.1) is 11.8 Å². The van der Waals surface area contributed by atoms with E-state index in [1.165, 1.54) is 25.0 Å². The molecule has 60 valence electrons. The van der Waals surface area contributed by atoms with Crippen LogP contribution in [0.1, 0.15) is 33.1 Å². The molecule has 0 aliphatic carbocycles. The second-order valence-electron chi connectivity index (χ2n) is 2.76. The van der Waals surface area contributed by atoms with Crippen LogP contribution in [-0.2, 0) is 4.74 Å². The van der Waals surface area contributed by atoms with Crippen LogP contribution in [0.2, 0.25) is 0 Å². The van der Waals surface area contributed by atoms with Gasteiger partial charge in [-0.1, -0.05) is 6.92 Å². The molecule has 1 aliphatic heterocycles. The van der Waals surface area contributed by atoms with Crippen molar-refractivity contribution >= 4 is 11.8 Å². The molecule has 10 heavy (non-hydrogen) atoms. The lowest BCUT2D eigenvalue weighted by Gasteiger charge is -2.26. The molecule has 1 unspecified atom stereocenters. The minimum absolute atomic E-state index is 0.494. The maximum absolute atomic E-state index is 5.69. The minimum Gasteiger partial charge on any atom is -0.365 e. The Kier molecular flexibility index (Phi) is 3.57. The van der Waals surface area contributed by atoms with Crippen molar-refractivity contribution in [3.63, 3.8) is 0 Å². The largest absolute Gasteiger partial charge is 0.365 e. The lowest BCUT2D eigenvalue weighted by Crippen LogP contribution is -2.22. The summed E-state index contributed by atoms with van der Waals surface area (Å²) in [5.41, 5.74) is 0.494. The fraction of sp³-hybridized carbons (Fsp3) is 1.00. The molecule has 1 saturated heterocycles. The minimum atomic E-state index is 0.494. The highest BCUT2D eigenvalue weighted by Gasteiger charge is 2.17. The van der Waals surface area contributed by atoms with Gasteiger partial charge in [-0.2, -0.15) is 0 Å². The zero-order valence-corrected chi connectivity index (χ0v) is 7.62. The predicted molar refractivity (Wildman–Crippen MR) is 46.3 cm³/mol. The Hall–Kier alpha value is 0.310. The molecule has 0 N–H and O–H groups in total. The molecule has 1 fully saturated rings. The van der Waals surface area contributed by atoms with Crippen LogP contribution in [0.15, 0.2) is 0 Å². The van der Waals surface area contributed by atoms with Crippen molar-refractivity contribution in [2.45, 2.75) is 44.6 Å². The second-order valence-corrected chi connectivity index (χ2v) is 4.20. The highest BCUT2D eigenvalue weighted by molar-refractivity contribution is 7.99. The predicted octanol–water partition coefficient (Wildman–Crippen LogP) is 2.65. The quantitative estimate of drug-likeness (QED) is 0.614. The molecule has 0 aromatic heterocycles. The van der Waals surface area contributed by atoms with Gasteiger partial charge in [0.1, 0.15) is 5.44 Å². The maximum atomic E-state index is 5.69. The molecule has 0 spiro atoms. The molecule has 1 nitrogen and oxygen atoms in total. The van der Waals surface area contributed by atoms with Crippen LogP contribution in [0.5, 0.6) is 0 Å². The van der Waals surface area contributed by atoms with E-state index in [4.69, 9.17) is 4.74 Å². The average Bonchev–Trinajstić information content (AvgIpc) is 1.88. The summed E-state index contributed by atoms with van der Waals surface area (Å²) in [6.45, 7) is 4.36. The van der Waals surface area contributed by atoms with Crippen LogP contribution in [-0.4, -0.2) is 17.3 Å². The molecule has 1 aliphatic rings. The van der Waals surface area contributed by atoms with Crippen molar-refractivity contribution in [3.05, 3.63) is 0 Å². The van der Waals surface area contributed by atoms with Gasteiger partial charge in [0.25, 0.3) is 0 Å². The van der Waals surface area contributed by atoms with Crippen LogP contribution in [0.25, 0.3) is 0 Å². The molecular formula is C8H16OS. The molecule has 0 bridgehead atoms. The second kappa shape index (κ2) is 4.24. The summed E-state index contributed by atoms with van der Waals surface area (Å²) in [6.07, 6.45) is 4.35. The van der Waals surface area contributed by atoms with Crippen LogP contribution >= 0.6 is 11.8 Å². The normalized spacial score (nSPS) is 34.2. The van der Waals surface area contributed by atoms with E-state index in [9.17, 15) is 0 Å². The SMILES string of the molecule is CCSC1CCC[C@@H](C)O1. The lowest BCUT2D eigenvalue weighted by atomic mass is 10.1. The van der Waals surface area contributed by atoms with Crippen LogP contribution in [0, 0.1) is 0 Å². The summed E-state index contributed by atoms with van der Waals surface area (Å²) in [4.78, 5) is 0. The smallest absolute Gasteiger partial charge is 0.103 e. The number of hydrogen-bond acceptors (Lipinski definition) is 2. The zero-order valence-electron chi connectivity index (χ0n) is 6.80. The molecule has 2 atom stereocenters. The Bertz CT molecular complexity index is 93.3. The van der Waals surface area contributed by atoms with Gasteiger partial charge in [0, 0.05) is 0 Å². The third-order valence-electron chi connectivity index (χ3n) is 1.79. The Morgan fingerprint density at radius 1 is 1.50 bits per heavy atom.